The summed E-state index contributed by atoms with van der Waals surface area (Å²) in [7, 11) is 3.78. The minimum absolute atomic E-state index is 0.0500. The fraction of sp³-hybridized carbons (Fsp3) is 0.308. The van der Waals surface area contributed by atoms with E-state index < -0.39 is 0 Å². The quantitative estimate of drug-likeness (QED) is 0.402. The summed E-state index contributed by atoms with van der Waals surface area (Å²) in [6.07, 6.45) is 3.24. The monoisotopic (exact) mass is 523 g/mol. The third-order valence-electron chi connectivity index (χ3n) is 6.24. The third-order valence-corrected chi connectivity index (χ3v) is 6.83. The van der Waals surface area contributed by atoms with Crippen LogP contribution in [0, 0.1) is 0 Å². The molecule has 2 aromatic heterocycles. The Kier molecular flexibility index (Phi) is 7.09. The van der Waals surface area contributed by atoms with Crippen molar-refractivity contribution < 1.29 is 4.79 Å². The van der Waals surface area contributed by atoms with Gasteiger partial charge in [0.15, 0.2) is 17.0 Å². The van der Waals surface area contributed by atoms with E-state index in [4.69, 9.17) is 28.2 Å². The van der Waals surface area contributed by atoms with E-state index in [9.17, 15) is 4.79 Å². The van der Waals surface area contributed by atoms with E-state index in [1.807, 2.05) is 72.1 Å². The summed E-state index contributed by atoms with van der Waals surface area (Å²) in [5, 5.41) is 4.40. The number of nitrogens with one attached hydrogen (secondary N) is 1. The molecule has 3 heterocycles. The van der Waals surface area contributed by atoms with Crippen LogP contribution in [0.2, 0.25) is 10.0 Å². The summed E-state index contributed by atoms with van der Waals surface area (Å²) in [6.45, 7) is 1.90. The molecule has 36 heavy (non-hydrogen) atoms. The van der Waals surface area contributed by atoms with Gasteiger partial charge in [-0.1, -0.05) is 35.3 Å². The lowest BCUT2D eigenvalue weighted by Gasteiger charge is -2.33. The van der Waals surface area contributed by atoms with Crippen LogP contribution in [0.3, 0.4) is 0 Å². The molecule has 0 bridgehead atoms. The van der Waals surface area contributed by atoms with Crippen molar-refractivity contribution in [2.75, 3.05) is 38.6 Å². The van der Waals surface area contributed by atoms with Crippen LogP contribution in [0.15, 0.2) is 54.9 Å². The van der Waals surface area contributed by atoms with E-state index >= 15 is 0 Å². The number of amides is 1. The van der Waals surface area contributed by atoms with Gasteiger partial charge in [0.25, 0.3) is 0 Å². The van der Waals surface area contributed by atoms with E-state index in [1.165, 1.54) is 0 Å². The highest BCUT2D eigenvalue weighted by molar-refractivity contribution is 6.33. The molecule has 0 spiro atoms. The molecule has 0 atom stereocenters. The lowest BCUT2D eigenvalue weighted by atomic mass is 10.0. The van der Waals surface area contributed by atoms with Gasteiger partial charge in [0.1, 0.15) is 12.2 Å². The van der Waals surface area contributed by atoms with E-state index in [2.05, 4.69) is 20.2 Å². The first-order chi connectivity index (χ1) is 17.4. The Morgan fingerprint density at radius 2 is 1.78 bits per heavy atom. The number of imidazole rings is 1. The average molecular weight is 524 g/mol. The van der Waals surface area contributed by atoms with Gasteiger partial charge in [0.2, 0.25) is 5.91 Å². The summed E-state index contributed by atoms with van der Waals surface area (Å²) in [6, 6.07) is 15.3. The van der Waals surface area contributed by atoms with Crippen molar-refractivity contribution in [3.63, 3.8) is 0 Å². The van der Waals surface area contributed by atoms with Gasteiger partial charge in [-0.15, -0.1) is 0 Å². The molecule has 2 aromatic carbocycles. The van der Waals surface area contributed by atoms with Crippen molar-refractivity contribution in [2.24, 2.45) is 0 Å². The number of fused-ring (bicyclic) bond motifs is 1. The molecular weight excluding hydrogens is 497 g/mol. The van der Waals surface area contributed by atoms with E-state index in [-0.39, 0.29) is 11.9 Å². The molecule has 0 aliphatic carbocycles. The van der Waals surface area contributed by atoms with Gasteiger partial charge in [-0.05, 0) is 63.3 Å². The number of carbonyl (C=O) groups excluding carboxylic acids is 1. The van der Waals surface area contributed by atoms with Gasteiger partial charge in [-0.25, -0.2) is 15.0 Å². The standard InChI is InChI=1S/C26H27Cl2N7O/c1-33(2)15-22(36)31-18-11-13-34(14-12-18)25-23-26(30-16-29-25)35(19-9-7-17(27)8-10-19)24(32-23)20-5-3-4-6-21(20)28/h3-10,16,18H,11-15H2,1-2H3,(H,31,36). The van der Waals surface area contributed by atoms with Crippen LogP contribution < -0.4 is 10.2 Å². The minimum Gasteiger partial charge on any atom is -0.355 e. The van der Waals surface area contributed by atoms with Crippen molar-refractivity contribution in [3.8, 4) is 17.1 Å². The number of rotatable bonds is 6. The van der Waals surface area contributed by atoms with Crippen molar-refractivity contribution in [2.45, 2.75) is 18.9 Å². The predicted molar refractivity (Wildman–Crippen MR) is 144 cm³/mol. The highest BCUT2D eigenvalue weighted by atomic mass is 35.5. The number of carbonyl (C=O) groups is 1. The van der Waals surface area contributed by atoms with Crippen LogP contribution in [0.25, 0.3) is 28.2 Å². The molecule has 10 heteroatoms. The second-order valence-electron chi connectivity index (χ2n) is 9.16. The summed E-state index contributed by atoms with van der Waals surface area (Å²) in [5.74, 6) is 1.51. The molecule has 1 amide bonds. The Morgan fingerprint density at radius 3 is 2.47 bits per heavy atom. The van der Waals surface area contributed by atoms with Crippen molar-refractivity contribution >= 4 is 46.1 Å². The third kappa shape index (κ3) is 5.02. The zero-order chi connectivity index (χ0) is 25.2. The van der Waals surface area contributed by atoms with E-state index in [0.717, 1.165) is 43.0 Å². The van der Waals surface area contributed by atoms with Crippen LogP contribution in [0.1, 0.15) is 12.8 Å². The Balaban J connectivity index is 1.51. The number of hydrogen-bond acceptors (Lipinski definition) is 6. The van der Waals surface area contributed by atoms with Gasteiger partial charge in [0.05, 0.1) is 11.6 Å². The molecule has 1 N–H and O–H groups in total. The number of hydrogen-bond donors (Lipinski definition) is 1. The number of likely N-dealkylation sites (N-methyl/N-ethyl adjacent to an activating group) is 1. The molecule has 0 unspecified atom stereocenters. The van der Waals surface area contributed by atoms with Crippen molar-refractivity contribution in [1.29, 1.82) is 0 Å². The maximum Gasteiger partial charge on any atom is 0.234 e. The van der Waals surface area contributed by atoms with Gasteiger partial charge in [-0.2, -0.15) is 0 Å². The van der Waals surface area contributed by atoms with Crippen LogP contribution >= 0.6 is 23.2 Å². The molecule has 5 rings (SSSR count). The SMILES string of the molecule is CN(C)CC(=O)NC1CCN(c2ncnc3c2nc(-c2ccccc2Cl)n3-c2ccc(Cl)cc2)CC1. The Labute approximate surface area is 219 Å². The van der Waals surface area contributed by atoms with E-state index in [1.54, 1.807) is 6.33 Å². The van der Waals surface area contributed by atoms with E-state index in [0.29, 0.717) is 33.6 Å². The first-order valence-electron chi connectivity index (χ1n) is 11.8. The van der Waals surface area contributed by atoms with Gasteiger partial charge in [-0.3, -0.25) is 9.36 Å². The van der Waals surface area contributed by atoms with Gasteiger partial charge < -0.3 is 15.1 Å². The van der Waals surface area contributed by atoms with Crippen LogP contribution in [0.4, 0.5) is 5.82 Å². The topological polar surface area (TPSA) is 79.2 Å². The van der Waals surface area contributed by atoms with Crippen molar-refractivity contribution in [3.05, 3.63) is 64.9 Å². The van der Waals surface area contributed by atoms with Gasteiger partial charge in [0, 0.05) is 35.4 Å². The maximum absolute atomic E-state index is 12.2. The molecule has 186 valence electrons. The Bertz CT molecular complexity index is 1380. The van der Waals surface area contributed by atoms with Gasteiger partial charge >= 0.3 is 0 Å². The smallest absolute Gasteiger partial charge is 0.234 e. The average Bonchev–Trinajstić information content (AvgIpc) is 3.24. The first kappa shape index (κ1) is 24.5. The Morgan fingerprint density at radius 1 is 1.06 bits per heavy atom. The predicted octanol–water partition coefficient (Wildman–Crippen LogP) is 4.44. The molecule has 1 saturated heterocycles. The lowest BCUT2D eigenvalue weighted by Crippen LogP contribution is -2.47. The molecule has 4 aromatic rings. The molecule has 0 saturated carbocycles. The maximum atomic E-state index is 12.2. The van der Waals surface area contributed by atoms with Crippen LogP contribution in [0.5, 0.6) is 0 Å². The normalized spacial score (nSPS) is 14.5. The largest absolute Gasteiger partial charge is 0.355 e. The highest BCUT2D eigenvalue weighted by Crippen LogP contribution is 2.35. The first-order valence-corrected chi connectivity index (χ1v) is 12.6. The summed E-state index contributed by atoms with van der Waals surface area (Å²) in [5.41, 5.74) is 3.08. The summed E-state index contributed by atoms with van der Waals surface area (Å²) in [4.78, 5) is 30.5. The minimum atomic E-state index is 0.0500. The number of benzene rings is 2. The highest BCUT2D eigenvalue weighted by Gasteiger charge is 2.26. The fourth-order valence-electron chi connectivity index (χ4n) is 4.57. The summed E-state index contributed by atoms with van der Waals surface area (Å²) < 4.78 is 1.99. The van der Waals surface area contributed by atoms with Crippen LogP contribution in [-0.2, 0) is 4.79 Å². The molecular formula is C26H27Cl2N7O. The number of nitrogens with zero attached hydrogens (tertiary/aromatic N) is 6. The Hall–Kier alpha value is -3.20. The molecule has 1 aliphatic rings. The zero-order valence-corrected chi connectivity index (χ0v) is 21.7. The number of halogens is 2. The molecule has 8 nitrogen and oxygen atoms in total. The second-order valence-corrected chi connectivity index (χ2v) is 10.0. The van der Waals surface area contributed by atoms with Crippen LogP contribution in [-0.4, -0.2) is 70.1 Å². The molecule has 1 aliphatic heterocycles. The summed E-state index contributed by atoms with van der Waals surface area (Å²) >= 11 is 12.8. The fourth-order valence-corrected chi connectivity index (χ4v) is 4.91. The number of aromatic nitrogens is 4. The zero-order valence-electron chi connectivity index (χ0n) is 20.2. The second kappa shape index (κ2) is 10.4. The lowest BCUT2D eigenvalue weighted by molar-refractivity contribution is -0.122. The molecule has 1 fully saturated rings. The molecule has 0 radical (unpaired) electrons. The number of piperidine rings is 1. The number of anilines is 1. The van der Waals surface area contributed by atoms with Crippen molar-refractivity contribution in [1.82, 2.24) is 29.7 Å².